The molecule has 2 aliphatic rings. The Morgan fingerprint density at radius 3 is 2.44 bits per heavy atom. The molecule has 0 saturated carbocycles. The molecule has 0 amide bonds. The Kier molecular flexibility index (Phi) is 6.70. The monoisotopic (exact) mass is 534 g/mol. The Morgan fingerprint density at radius 1 is 1.14 bits per heavy atom. The van der Waals surface area contributed by atoms with E-state index in [9.17, 15) is 9.90 Å². The standard InChI is InChI=1S/C26H28Cl2N2O6/c1-26(2)35-22-21(13-32)34-25(23(22)36-26)30-20-10-19(28)18(27)9-16(20)17(12-31)24(30)29(3)11-14-5-7-15(33-4)8-6-14/h5-10,12,21-23,25,32H,11,13H2,1-4H3/t21-,22?,23?,25-/m1/s1. The van der Waals surface area contributed by atoms with Crippen LogP contribution in [0.1, 0.15) is 36.0 Å². The summed E-state index contributed by atoms with van der Waals surface area (Å²) in [4.78, 5) is 14.5. The van der Waals surface area contributed by atoms with Gasteiger partial charge in [0.15, 0.2) is 18.3 Å². The van der Waals surface area contributed by atoms with E-state index in [1.165, 1.54) is 0 Å². The van der Waals surface area contributed by atoms with Gasteiger partial charge in [-0.1, -0.05) is 35.3 Å². The first-order chi connectivity index (χ1) is 17.2. The molecule has 0 radical (unpaired) electrons. The van der Waals surface area contributed by atoms with Crippen LogP contribution in [-0.4, -0.2) is 60.8 Å². The quantitative estimate of drug-likeness (QED) is 0.435. The molecule has 3 aromatic rings. The van der Waals surface area contributed by atoms with Crippen molar-refractivity contribution in [2.75, 3.05) is 25.7 Å². The number of aldehydes is 1. The summed E-state index contributed by atoms with van der Waals surface area (Å²) in [5.41, 5.74) is 2.13. The molecule has 3 heterocycles. The minimum Gasteiger partial charge on any atom is -0.497 e. The molecule has 0 aliphatic carbocycles. The average Bonchev–Trinajstić information content (AvgIpc) is 3.45. The third-order valence-corrected chi connectivity index (χ3v) is 7.40. The first kappa shape index (κ1) is 25.3. The van der Waals surface area contributed by atoms with Crippen LogP contribution in [0.15, 0.2) is 36.4 Å². The number of methoxy groups -OCH3 is 1. The number of fused-ring (bicyclic) bond motifs is 2. The second kappa shape index (κ2) is 9.52. The van der Waals surface area contributed by atoms with Gasteiger partial charge in [0.2, 0.25) is 0 Å². The number of aromatic nitrogens is 1. The van der Waals surface area contributed by atoms with Crippen LogP contribution in [0.2, 0.25) is 10.0 Å². The van der Waals surface area contributed by atoms with Crippen molar-refractivity contribution in [3.05, 3.63) is 57.6 Å². The van der Waals surface area contributed by atoms with Gasteiger partial charge in [-0.05, 0) is 43.7 Å². The third-order valence-electron chi connectivity index (χ3n) is 6.68. The molecule has 0 spiro atoms. The Labute approximate surface area is 219 Å². The predicted molar refractivity (Wildman–Crippen MR) is 137 cm³/mol. The summed E-state index contributed by atoms with van der Waals surface area (Å²) >= 11 is 12.8. The number of benzene rings is 2. The molecule has 2 saturated heterocycles. The smallest absolute Gasteiger partial charge is 0.165 e. The van der Waals surface area contributed by atoms with Crippen molar-refractivity contribution >= 4 is 46.2 Å². The number of hydrogen-bond acceptors (Lipinski definition) is 7. The Morgan fingerprint density at radius 2 is 1.81 bits per heavy atom. The highest BCUT2D eigenvalue weighted by atomic mass is 35.5. The van der Waals surface area contributed by atoms with E-state index in [1.807, 2.05) is 54.6 Å². The number of nitrogens with zero attached hydrogens (tertiary/aromatic N) is 2. The summed E-state index contributed by atoms with van der Waals surface area (Å²) in [6.07, 6.45) is -1.46. The highest BCUT2D eigenvalue weighted by Crippen LogP contribution is 2.47. The van der Waals surface area contributed by atoms with Crippen molar-refractivity contribution in [3.8, 4) is 5.75 Å². The van der Waals surface area contributed by atoms with Crippen LogP contribution in [0, 0.1) is 0 Å². The molecule has 2 aromatic carbocycles. The number of hydrogen-bond donors (Lipinski definition) is 1. The number of aliphatic hydroxyl groups excluding tert-OH is 1. The molecule has 2 fully saturated rings. The minimum atomic E-state index is -0.850. The number of carbonyl (C=O) groups is 1. The summed E-state index contributed by atoms with van der Waals surface area (Å²) in [6, 6.07) is 11.1. The van der Waals surface area contributed by atoms with E-state index in [0.717, 1.165) is 17.6 Å². The molecule has 36 heavy (non-hydrogen) atoms. The average molecular weight is 535 g/mol. The summed E-state index contributed by atoms with van der Waals surface area (Å²) < 4.78 is 25.8. The van der Waals surface area contributed by atoms with E-state index in [-0.39, 0.29) is 6.61 Å². The molecule has 5 rings (SSSR count). The molecule has 1 aromatic heterocycles. The molecule has 2 unspecified atom stereocenters. The summed E-state index contributed by atoms with van der Waals surface area (Å²) in [5, 5.41) is 11.4. The molecule has 8 nitrogen and oxygen atoms in total. The van der Waals surface area contributed by atoms with Gasteiger partial charge < -0.3 is 29.0 Å². The van der Waals surface area contributed by atoms with Gasteiger partial charge >= 0.3 is 0 Å². The fraction of sp³-hybridized carbons (Fsp3) is 0.423. The van der Waals surface area contributed by atoms with Crippen molar-refractivity contribution in [1.29, 1.82) is 0 Å². The van der Waals surface area contributed by atoms with Crippen LogP contribution in [0.5, 0.6) is 5.75 Å². The van der Waals surface area contributed by atoms with Gasteiger partial charge in [-0.2, -0.15) is 0 Å². The highest BCUT2D eigenvalue weighted by Gasteiger charge is 2.56. The topological polar surface area (TPSA) is 82.4 Å². The summed E-state index contributed by atoms with van der Waals surface area (Å²) in [5.74, 6) is 0.525. The molecule has 1 N–H and O–H groups in total. The zero-order valence-electron chi connectivity index (χ0n) is 20.4. The van der Waals surface area contributed by atoms with Crippen molar-refractivity contribution in [2.24, 2.45) is 0 Å². The maximum absolute atomic E-state index is 12.5. The lowest BCUT2D eigenvalue weighted by Crippen LogP contribution is -2.31. The fourth-order valence-electron chi connectivity index (χ4n) is 5.17. The van der Waals surface area contributed by atoms with Gasteiger partial charge in [0.05, 0.1) is 34.8 Å². The largest absolute Gasteiger partial charge is 0.497 e. The van der Waals surface area contributed by atoms with Crippen molar-refractivity contribution in [3.63, 3.8) is 0 Å². The molecular weight excluding hydrogens is 507 g/mol. The SMILES string of the molecule is COc1ccc(CN(C)c2c(C=O)c3cc(Cl)c(Cl)cc3n2[C@@H]2O[C@H](CO)C3OC(C)(C)OC32)cc1. The number of aliphatic hydroxyl groups is 1. The lowest BCUT2D eigenvalue weighted by Gasteiger charge is -2.29. The van der Waals surface area contributed by atoms with Crippen LogP contribution >= 0.6 is 23.2 Å². The first-order valence-electron chi connectivity index (χ1n) is 11.6. The third kappa shape index (κ3) is 4.26. The molecule has 2 aliphatic heterocycles. The molecule has 10 heteroatoms. The predicted octanol–water partition coefficient (Wildman–Crippen LogP) is 4.82. The van der Waals surface area contributed by atoms with Gasteiger partial charge in [0.25, 0.3) is 0 Å². The highest BCUT2D eigenvalue weighted by molar-refractivity contribution is 6.43. The summed E-state index contributed by atoms with van der Waals surface area (Å²) in [6.45, 7) is 3.92. The number of carbonyl (C=O) groups excluding carboxylic acids is 1. The van der Waals surface area contributed by atoms with Crippen LogP contribution in [0.4, 0.5) is 5.82 Å². The fourth-order valence-corrected chi connectivity index (χ4v) is 5.49. The maximum Gasteiger partial charge on any atom is 0.165 e. The Balaban J connectivity index is 1.66. The van der Waals surface area contributed by atoms with Crippen molar-refractivity contribution in [1.82, 2.24) is 4.57 Å². The zero-order valence-corrected chi connectivity index (χ0v) is 21.9. The van der Waals surface area contributed by atoms with Gasteiger partial charge in [-0.15, -0.1) is 0 Å². The van der Waals surface area contributed by atoms with E-state index < -0.39 is 30.3 Å². The van der Waals surface area contributed by atoms with Crippen LogP contribution in [0.25, 0.3) is 10.9 Å². The molecule has 0 bridgehead atoms. The van der Waals surface area contributed by atoms with Gasteiger partial charge in [0.1, 0.15) is 29.9 Å². The maximum atomic E-state index is 12.5. The molecule has 4 atom stereocenters. The van der Waals surface area contributed by atoms with E-state index in [2.05, 4.69) is 0 Å². The van der Waals surface area contributed by atoms with Crippen LogP contribution in [0.3, 0.4) is 0 Å². The lowest BCUT2D eigenvalue weighted by molar-refractivity contribution is -0.199. The van der Waals surface area contributed by atoms with Gasteiger partial charge in [-0.25, -0.2) is 0 Å². The second-order valence-corrected chi connectivity index (χ2v) is 10.3. The van der Waals surface area contributed by atoms with E-state index in [0.29, 0.717) is 38.9 Å². The molecule has 192 valence electrons. The second-order valence-electron chi connectivity index (χ2n) is 9.53. The summed E-state index contributed by atoms with van der Waals surface area (Å²) in [7, 11) is 3.52. The van der Waals surface area contributed by atoms with Gasteiger partial charge in [-0.3, -0.25) is 9.36 Å². The zero-order chi connectivity index (χ0) is 25.8. The molecular formula is C26H28Cl2N2O6. The first-order valence-corrected chi connectivity index (χ1v) is 12.4. The Bertz CT molecular complexity index is 1290. The van der Waals surface area contributed by atoms with E-state index in [4.69, 9.17) is 42.1 Å². The van der Waals surface area contributed by atoms with Crippen LogP contribution < -0.4 is 9.64 Å². The number of ether oxygens (including phenoxy) is 4. The van der Waals surface area contributed by atoms with Crippen molar-refractivity contribution in [2.45, 2.75) is 50.7 Å². The number of halogens is 2. The van der Waals surface area contributed by atoms with Crippen molar-refractivity contribution < 1.29 is 28.8 Å². The normalized spacial score (nSPS) is 24.8. The van der Waals surface area contributed by atoms with E-state index in [1.54, 1.807) is 19.2 Å². The number of rotatable bonds is 7. The lowest BCUT2D eigenvalue weighted by atomic mass is 10.1. The Hall–Kier alpha value is -2.33. The van der Waals surface area contributed by atoms with Gasteiger partial charge in [0, 0.05) is 19.0 Å². The minimum absolute atomic E-state index is 0.236. The number of anilines is 1. The van der Waals surface area contributed by atoms with Crippen LogP contribution in [-0.2, 0) is 20.8 Å². The van der Waals surface area contributed by atoms with E-state index >= 15 is 0 Å².